The Morgan fingerprint density at radius 2 is 2.19 bits per heavy atom. The molecule has 27 heavy (non-hydrogen) atoms. The number of hydrogen-bond acceptors (Lipinski definition) is 5. The van der Waals surface area contributed by atoms with E-state index in [1.165, 1.54) is 11.3 Å². The number of amides is 2. The molecule has 0 aliphatic carbocycles. The molecule has 0 unspecified atom stereocenters. The third-order valence-electron chi connectivity index (χ3n) is 4.13. The lowest BCUT2D eigenvalue weighted by molar-refractivity contribution is 0.252. The van der Waals surface area contributed by atoms with E-state index in [0.29, 0.717) is 11.7 Å². The summed E-state index contributed by atoms with van der Waals surface area (Å²) in [5.74, 6) is 0. The van der Waals surface area contributed by atoms with Gasteiger partial charge < -0.3 is 9.88 Å². The van der Waals surface area contributed by atoms with Crippen LogP contribution in [-0.4, -0.2) is 32.1 Å². The van der Waals surface area contributed by atoms with Crippen LogP contribution < -0.4 is 10.6 Å². The van der Waals surface area contributed by atoms with Crippen molar-refractivity contribution in [1.29, 1.82) is 0 Å². The van der Waals surface area contributed by atoms with Gasteiger partial charge in [0.05, 0.1) is 22.1 Å². The SMILES string of the molecule is CCNC(=O)Nc1nc2cc(-c3cnccn3)cc(-c3cccn3C)c2s1. The predicted molar refractivity (Wildman–Crippen MR) is 108 cm³/mol. The molecule has 0 spiro atoms. The molecule has 0 fully saturated rings. The molecule has 3 heterocycles. The molecule has 0 aliphatic heterocycles. The first-order valence-corrected chi connectivity index (χ1v) is 9.35. The number of benzene rings is 1. The molecule has 8 heteroatoms. The van der Waals surface area contributed by atoms with Crippen LogP contribution >= 0.6 is 11.3 Å². The minimum atomic E-state index is -0.258. The van der Waals surface area contributed by atoms with Gasteiger partial charge in [-0.05, 0) is 31.2 Å². The summed E-state index contributed by atoms with van der Waals surface area (Å²) in [6.45, 7) is 2.43. The largest absolute Gasteiger partial charge is 0.351 e. The number of aromatic nitrogens is 4. The highest BCUT2D eigenvalue weighted by atomic mass is 32.1. The minimum absolute atomic E-state index is 0.258. The number of nitrogens with one attached hydrogen (secondary N) is 2. The number of anilines is 1. The Morgan fingerprint density at radius 3 is 2.89 bits per heavy atom. The Bertz CT molecular complexity index is 1100. The summed E-state index contributed by atoms with van der Waals surface area (Å²) in [7, 11) is 2.01. The maximum absolute atomic E-state index is 11.9. The van der Waals surface area contributed by atoms with Crippen molar-refractivity contribution in [3.63, 3.8) is 0 Å². The van der Waals surface area contributed by atoms with Crippen molar-refractivity contribution in [2.75, 3.05) is 11.9 Å². The number of carbonyl (C=O) groups excluding carboxylic acids is 1. The molecule has 4 aromatic rings. The standard InChI is InChI=1S/C19H18N6OS/c1-3-21-18(26)24-19-23-14-10-12(15-11-20-6-7-22-15)9-13(17(14)27-19)16-5-4-8-25(16)2/h4-11H,3H2,1-2H3,(H2,21,23,24,26). The van der Waals surface area contributed by atoms with E-state index in [9.17, 15) is 4.79 Å². The number of hydrogen-bond donors (Lipinski definition) is 2. The highest BCUT2D eigenvalue weighted by molar-refractivity contribution is 7.22. The number of fused-ring (bicyclic) bond motifs is 1. The highest BCUT2D eigenvalue weighted by Gasteiger charge is 2.16. The molecular formula is C19H18N6OS. The molecule has 0 atom stereocenters. The monoisotopic (exact) mass is 378 g/mol. The molecule has 0 saturated heterocycles. The van der Waals surface area contributed by atoms with Gasteiger partial charge >= 0.3 is 6.03 Å². The summed E-state index contributed by atoms with van der Waals surface area (Å²) >= 11 is 1.46. The van der Waals surface area contributed by atoms with E-state index < -0.39 is 0 Å². The zero-order valence-corrected chi connectivity index (χ0v) is 15.7. The van der Waals surface area contributed by atoms with E-state index in [1.54, 1.807) is 18.6 Å². The molecule has 4 rings (SSSR count). The molecule has 1 aromatic carbocycles. The average molecular weight is 378 g/mol. The second kappa shape index (κ2) is 7.16. The highest BCUT2D eigenvalue weighted by Crippen LogP contribution is 2.38. The van der Waals surface area contributed by atoms with Gasteiger partial charge in [-0.25, -0.2) is 9.78 Å². The van der Waals surface area contributed by atoms with Crippen molar-refractivity contribution in [1.82, 2.24) is 24.8 Å². The van der Waals surface area contributed by atoms with Crippen LogP contribution in [0.4, 0.5) is 9.93 Å². The maximum atomic E-state index is 11.9. The van der Waals surface area contributed by atoms with E-state index in [2.05, 4.69) is 42.3 Å². The molecule has 0 radical (unpaired) electrons. The van der Waals surface area contributed by atoms with Crippen molar-refractivity contribution in [3.8, 4) is 22.5 Å². The molecule has 2 N–H and O–H groups in total. The first kappa shape index (κ1) is 17.2. The topological polar surface area (TPSA) is 84.7 Å². The van der Waals surface area contributed by atoms with Gasteiger partial charge in [-0.1, -0.05) is 11.3 Å². The van der Waals surface area contributed by atoms with Crippen LogP contribution in [0.1, 0.15) is 6.92 Å². The van der Waals surface area contributed by atoms with Gasteiger partial charge in [-0.2, -0.15) is 0 Å². The van der Waals surface area contributed by atoms with Gasteiger partial charge in [-0.15, -0.1) is 0 Å². The number of carbonyl (C=O) groups is 1. The van der Waals surface area contributed by atoms with Crippen molar-refractivity contribution in [2.45, 2.75) is 6.92 Å². The number of rotatable bonds is 4. The van der Waals surface area contributed by atoms with Gasteiger partial charge in [0.15, 0.2) is 5.13 Å². The van der Waals surface area contributed by atoms with E-state index in [4.69, 9.17) is 0 Å². The van der Waals surface area contributed by atoms with Crippen molar-refractivity contribution in [3.05, 3.63) is 49.1 Å². The normalized spacial score (nSPS) is 10.9. The Morgan fingerprint density at radius 1 is 1.30 bits per heavy atom. The number of aryl methyl sites for hydroxylation is 1. The molecule has 0 saturated carbocycles. The van der Waals surface area contributed by atoms with Crippen molar-refractivity contribution >= 4 is 32.7 Å². The first-order chi connectivity index (χ1) is 13.2. The molecular weight excluding hydrogens is 360 g/mol. The quantitative estimate of drug-likeness (QED) is 0.564. The second-order valence-electron chi connectivity index (χ2n) is 5.97. The summed E-state index contributed by atoms with van der Waals surface area (Å²) in [5.41, 5.74) is 4.63. The summed E-state index contributed by atoms with van der Waals surface area (Å²) in [5, 5.41) is 6.08. The summed E-state index contributed by atoms with van der Waals surface area (Å²) in [6.07, 6.45) is 7.06. The maximum Gasteiger partial charge on any atom is 0.321 e. The van der Waals surface area contributed by atoms with E-state index in [0.717, 1.165) is 32.7 Å². The lowest BCUT2D eigenvalue weighted by Crippen LogP contribution is -2.28. The van der Waals surface area contributed by atoms with Crippen LogP contribution in [0.3, 0.4) is 0 Å². The zero-order chi connectivity index (χ0) is 18.8. The predicted octanol–water partition coefficient (Wildman–Crippen LogP) is 3.90. The van der Waals surface area contributed by atoms with Crippen LogP contribution in [0.5, 0.6) is 0 Å². The van der Waals surface area contributed by atoms with Crippen molar-refractivity contribution in [2.24, 2.45) is 7.05 Å². The Balaban J connectivity index is 1.88. The molecule has 7 nitrogen and oxygen atoms in total. The molecule has 2 amide bonds. The number of nitrogens with zero attached hydrogens (tertiary/aromatic N) is 4. The Hall–Kier alpha value is -3.26. The molecule has 0 bridgehead atoms. The summed E-state index contributed by atoms with van der Waals surface area (Å²) in [4.78, 5) is 25.1. The van der Waals surface area contributed by atoms with E-state index in [1.807, 2.05) is 32.3 Å². The summed E-state index contributed by atoms with van der Waals surface area (Å²) in [6, 6.07) is 7.88. The second-order valence-corrected chi connectivity index (χ2v) is 6.97. The third-order valence-corrected chi connectivity index (χ3v) is 5.15. The van der Waals surface area contributed by atoms with Gasteiger partial charge in [-0.3, -0.25) is 15.3 Å². The van der Waals surface area contributed by atoms with Gasteiger partial charge in [0.25, 0.3) is 0 Å². The van der Waals surface area contributed by atoms with Crippen LogP contribution in [0.25, 0.3) is 32.7 Å². The molecule has 3 aromatic heterocycles. The van der Waals surface area contributed by atoms with Crippen LogP contribution in [0.2, 0.25) is 0 Å². The third kappa shape index (κ3) is 3.39. The van der Waals surface area contributed by atoms with Crippen molar-refractivity contribution < 1.29 is 4.79 Å². The van der Waals surface area contributed by atoms with Crippen LogP contribution in [0, 0.1) is 0 Å². The minimum Gasteiger partial charge on any atom is -0.351 e. The van der Waals surface area contributed by atoms with Crippen LogP contribution in [0.15, 0.2) is 49.1 Å². The zero-order valence-electron chi connectivity index (χ0n) is 14.9. The number of urea groups is 1. The lowest BCUT2D eigenvalue weighted by atomic mass is 10.0. The first-order valence-electron chi connectivity index (χ1n) is 8.53. The van der Waals surface area contributed by atoms with E-state index in [-0.39, 0.29) is 6.03 Å². The Labute approximate surface area is 160 Å². The molecule has 0 aliphatic rings. The fourth-order valence-corrected chi connectivity index (χ4v) is 3.88. The average Bonchev–Trinajstić information content (AvgIpc) is 3.27. The molecule has 136 valence electrons. The van der Waals surface area contributed by atoms with Gasteiger partial charge in [0, 0.05) is 49.0 Å². The lowest BCUT2D eigenvalue weighted by Gasteiger charge is -2.08. The fourth-order valence-electron chi connectivity index (χ4n) is 2.92. The van der Waals surface area contributed by atoms with Crippen LogP contribution in [-0.2, 0) is 7.05 Å². The smallest absolute Gasteiger partial charge is 0.321 e. The van der Waals surface area contributed by atoms with E-state index >= 15 is 0 Å². The number of thiazole rings is 1. The van der Waals surface area contributed by atoms with Gasteiger partial charge in [0.2, 0.25) is 0 Å². The summed E-state index contributed by atoms with van der Waals surface area (Å²) < 4.78 is 3.07. The Kier molecular flexibility index (Phi) is 4.55. The van der Waals surface area contributed by atoms with Gasteiger partial charge in [0.1, 0.15) is 0 Å². The fraction of sp³-hybridized carbons (Fsp3) is 0.158.